The maximum absolute atomic E-state index is 13.1. The average molecular weight is 445 g/mol. The molecule has 0 bridgehead atoms. The first-order valence-electron chi connectivity index (χ1n) is 10.2. The summed E-state index contributed by atoms with van der Waals surface area (Å²) >= 11 is 0. The first-order chi connectivity index (χ1) is 15.9. The molecule has 0 spiro atoms. The molecule has 0 saturated heterocycles. The lowest BCUT2D eigenvalue weighted by Gasteiger charge is -2.21. The maximum Gasteiger partial charge on any atom is 0.343 e. The fourth-order valence-electron chi connectivity index (χ4n) is 2.93. The molecule has 0 fully saturated rings. The van der Waals surface area contributed by atoms with Gasteiger partial charge in [-0.2, -0.15) is 0 Å². The second-order valence-corrected chi connectivity index (χ2v) is 7.01. The number of amides is 3. The summed E-state index contributed by atoms with van der Waals surface area (Å²) in [4.78, 5) is 50.3. The summed E-state index contributed by atoms with van der Waals surface area (Å²) in [5, 5.41) is 3.69. The highest BCUT2D eigenvalue weighted by atomic mass is 16.5. The Morgan fingerprint density at radius 2 is 1.42 bits per heavy atom. The number of ether oxygens (including phenoxy) is 1. The van der Waals surface area contributed by atoms with Crippen LogP contribution in [0, 0.1) is 0 Å². The van der Waals surface area contributed by atoms with Crippen LogP contribution in [0.5, 0.6) is 5.75 Å². The van der Waals surface area contributed by atoms with E-state index in [1.807, 2.05) is 0 Å². The lowest BCUT2D eigenvalue weighted by molar-refractivity contribution is -0.124. The number of hydrazine groups is 1. The van der Waals surface area contributed by atoms with E-state index in [0.29, 0.717) is 11.1 Å². The lowest BCUT2D eigenvalue weighted by atomic mass is 10.1. The van der Waals surface area contributed by atoms with Crippen molar-refractivity contribution in [3.8, 4) is 5.75 Å². The van der Waals surface area contributed by atoms with Gasteiger partial charge in [0.1, 0.15) is 0 Å². The van der Waals surface area contributed by atoms with Gasteiger partial charge in [0.25, 0.3) is 11.8 Å². The minimum atomic E-state index is -0.650. The van der Waals surface area contributed by atoms with Gasteiger partial charge in [0, 0.05) is 19.0 Å². The van der Waals surface area contributed by atoms with Crippen LogP contribution in [0.15, 0.2) is 78.9 Å². The van der Waals surface area contributed by atoms with Gasteiger partial charge in [0.2, 0.25) is 5.91 Å². The van der Waals surface area contributed by atoms with Gasteiger partial charge in [-0.25, -0.2) is 4.79 Å². The summed E-state index contributed by atoms with van der Waals surface area (Å²) in [6, 6.07) is 21.2. The molecule has 3 aromatic carbocycles. The Kier molecular flexibility index (Phi) is 7.54. The van der Waals surface area contributed by atoms with Gasteiger partial charge >= 0.3 is 5.97 Å². The second kappa shape index (κ2) is 10.7. The van der Waals surface area contributed by atoms with Crippen molar-refractivity contribution in [3.63, 3.8) is 0 Å². The van der Waals surface area contributed by atoms with E-state index in [0.717, 1.165) is 5.01 Å². The molecule has 0 aliphatic rings. The molecule has 0 aliphatic heterocycles. The number of esters is 1. The Morgan fingerprint density at radius 3 is 2.03 bits per heavy atom. The van der Waals surface area contributed by atoms with Gasteiger partial charge in [-0.15, -0.1) is 0 Å². The molecule has 0 radical (unpaired) electrons. The molecule has 0 aliphatic carbocycles. The monoisotopic (exact) mass is 445 g/mol. The summed E-state index contributed by atoms with van der Waals surface area (Å²) in [7, 11) is 1.39. The van der Waals surface area contributed by atoms with Gasteiger partial charge in [0.05, 0.1) is 16.8 Å². The van der Waals surface area contributed by atoms with Crippen LogP contribution in [0.4, 0.5) is 5.69 Å². The first-order valence-corrected chi connectivity index (χ1v) is 10.2. The standard InChI is InChI=1S/C25H23N3O5/c1-3-21(29)27-28(2)24(31)19-15-10-16-20(33-25(32)18-13-8-5-9-14-18)22(19)26-23(30)17-11-6-4-7-12-17/h4-16H,3H2,1-2H3,(H,26,30)(H,27,29). The summed E-state index contributed by atoms with van der Waals surface area (Å²) in [5.41, 5.74) is 3.16. The van der Waals surface area contributed by atoms with Crippen LogP contribution >= 0.6 is 0 Å². The van der Waals surface area contributed by atoms with E-state index in [1.54, 1.807) is 67.6 Å². The van der Waals surface area contributed by atoms with Crippen LogP contribution in [0.2, 0.25) is 0 Å². The van der Waals surface area contributed by atoms with Gasteiger partial charge in [-0.05, 0) is 36.4 Å². The summed E-state index contributed by atoms with van der Waals surface area (Å²) in [6.45, 7) is 1.66. The van der Waals surface area contributed by atoms with Crippen LogP contribution in [-0.4, -0.2) is 35.7 Å². The number of anilines is 1. The van der Waals surface area contributed by atoms with Crippen LogP contribution in [0.1, 0.15) is 44.4 Å². The molecule has 0 aromatic heterocycles. The van der Waals surface area contributed by atoms with Crippen molar-refractivity contribution in [3.05, 3.63) is 95.6 Å². The highest BCUT2D eigenvalue weighted by molar-refractivity contribution is 6.10. The number of carbonyl (C=O) groups is 4. The predicted octanol–water partition coefficient (Wildman–Crippen LogP) is 3.67. The van der Waals surface area contributed by atoms with E-state index in [4.69, 9.17) is 4.74 Å². The number of para-hydroxylation sites is 1. The smallest absolute Gasteiger partial charge is 0.343 e. The molecule has 0 heterocycles. The van der Waals surface area contributed by atoms with Crippen molar-refractivity contribution in [2.24, 2.45) is 0 Å². The molecule has 8 nitrogen and oxygen atoms in total. The average Bonchev–Trinajstić information content (AvgIpc) is 2.85. The third-order valence-electron chi connectivity index (χ3n) is 4.66. The number of nitrogens with one attached hydrogen (secondary N) is 2. The topological polar surface area (TPSA) is 105 Å². The minimum absolute atomic E-state index is 0.00537. The van der Waals surface area contributed by atoms with Gasteiger partial charge in [-0.3, -0.25) is 24.8 Å². The zero-order valence-electron chi connectivity index (χ0n) is 18.2. The van der Waals surface area contributed by atoms with Crippen molar-refractivity contribution in [1.82, 2.24) is 10.4 Å². The van der Waals surface area contributed by atoms with Crippen molar-refractivity contribution < 1.29 is 23.9 Å². The quantitative estimate of drug-likeness (QED) is 0.342. The summed E-state index contributed by atoms with van der Waals surface area (Å²) in [6.07, 6.45) is 0.184. The van der Waals surface area contributed by atoms with Crippen LogP contribution in [0.25, 0.3) is 0 Å². The Balaban J connectivity index is 1.98. The lowest BCUT2D eigenvalue weighted by Crippen LogP contribution is -2.43. The molecule has 8 heteroatoms. The van der Waals surface area contributed by atoms with Gasteiger partial charge in [0.15, 0.2) is 5.75 Å². The molecule has 168 valence electrons. The molecule has 3 amide bonds. The van der Waals surface area contributed by atoms with E-state index >= 15 is 0 Å². The number of nitrogens with zero attached hydrogens (tertiary/aromatic N) is 1. The summed E-state index contributed by atoms with van der Waals surface area (Å²) < 4.78 is 5.53. The third-order valence-corrected chi connectivity index (χ3v) is 4.66. The normalized spacial score (nSPS) is 10.1. The van der Waals surface area contributed by atoms with E-state index in [9.17, 15) is 19.2 Å². The van der Waals surface area contributed by atoms with E-state index in [1.165, 1.54) is 25.2 Å². The molecule has 0 saturated carbocycles. The molecule has 2 N–H and O–H groups in total. The molecule has 3 aromatic rings. The summed E-state index contributed by atoms with van der Waals surface area (Å²) in [5.74, 6) is -2.10. The minimum Gasteiger partial charge on any atom is -0.421 e. The molecular formula is C25H23N3O5. The number of benzene rings is 3. The largest absolute Gasteiger partial charge is 0.421 e. The fourth-order valence-corrected chi connectivity index (χ4v) is 2.93. The molecule has 33 heavy (non-hydrogen) atoms. The Morgan fingerprint density at radius 1 is 0.818 bits per heavy atom. The number of hydrogen-bond acceptors (Lipinski definition) is 5. The van der Waals surface area contributed by atoms with E-state index in [2.05, 4.69) is 10.7 Å². The highest BCUT2D eigenvalue weighted by Gasteiger charge is 2.23. The Labute approximate surface area is 191 Å². The first kappa shape index (κ1) is 23.2. The van der Waals surface area contributed by atoms with Crippen molar-refractivity contribution >= 4 is 29.4 Å². The molecule has 3 rings (SSSR count). The van der Waals surface area contributed by atoms with Crippen LogP contribution < -0.4 is 15.5 Å². The third kappa shape index (κ3) is 5.82. The highest BCUT2D eigenvalue weighted by Crippen LogP contribution is 2.31. The molecule has 0 unspecified atom stereocenters. The second-order valence-electron chi connectivity index (χ2n) is 7.01. The molecule has 0 atom stereocenters. The molecular weight excluding hydrogens is 422 g/mol. The predicted molar refractivity (Wildman–Crippen MR) is 123 cm³/mol. The Hall–Kier alpha value is -4.46. The zero-order valence-corrected chi connectivity index (χ0v) is 18.2. The fraction of sp³-hybridized carbons (Fsp3) is 0.120. The van der Waals surface area contributed by atoms with E-state index in [-0.39, 0.29) is 29.3 Å². The van der Waals surface area contributed by atoms with Crippen LogP contribution in [-0.2, 0) is 4.79 Å². The van der Waals surface area contributed by atoms with Gasteiger partial charge in [-0.1, -0.05) is 49.4 Å². The SMILES string of the molecule is CCC(=O)NN(C)C(=O)c1cccc(OC(=O)c2ccccc2)c1NC(=O)c1ccccc1. The number of hydrogen-bond donors (Lipinski definition) is 2. The maximum atomic E-state index is 13.1. The zero-order chi connectivity index (χ0) is 23.8. The van der Waals surface area contributed by atoms with Gasteiger partial charge < -0.3 is 10.1 Å². The van der Waals surface area contributed by atoms with Crippen molar-refractivity contribution in [2.75, 3.05) is 12.4 Å². The van der Waals surface area contributed by atoms with Crippen molar-refractivity contribution in [1.29, 1.82) is 0 Å². The number of carbonyl (C=O) groups excluding carboxylic acids is 4. The van der Waals surface area contributed by atoms with Crippen LogP contribution in [0.3, 0.4) is 0 Å². The Bertz CT molecular complexity index is 1160. The number of rotatable bonds is 6. The van der Waals surface area contributed by atoms with E-state index < -0.39 is 17.8 Å². The van der Waals surface area contributed by atoms with Crippen molar-refractivity contribution in [2.45, 2.75) is 13.3 Å².